The van der Waals surface area contributed by atoms with Crippen molar-refractivity contribution >= 4 is 39.1 Å². The summed E-state index contributed by atoms with van der Waals surface area (Å²) in [5.74, 6) is 1.81. The van der Waals surface area contributed by atoms with Crippen molar-refractivity contribution in [1.29, 1.82) is 0 Å². The van der Waals surface area contributed by atoms with Crippen molar-refractivity contribution < 1.29 is 23.7 Å². The third-order valence-corrected chi connectivity index (χ3v) is 16.0. The number of rotatable bonds is 17. The van der Waals surface area contributed by atoms with E-state index in [0.717, 1.165) is 127 Å². The highest BCUT2D eigenvalue weighted by atomic mass is 28.3. The Hall–Kier alpha value is -4.46. The zero-order valence-corrected chi connectivity index (χ0v) is 42.2. The first-order valence-electron chi connectivity index (χ1n) is 23.7. The van der Waals surface area contributed by atoms with E-state index in [1.165, 1.54) is 0 Å². The molecule has 16 heteroatoms. The van der Waals surface area contributed by atoms with Crippen molar-refractivity contribution in [2.24, 2.45) is 0 Å². The third kappa shape index (κ3) is 11.9. The zero-order chi connectivity index (χ0) is 45.9. The standard InChI is InChI=1S/C49H71N9O5Si2/c1-49(2,3)63-48(59)54-38-11-10-20-55(29-38)28-35-18-19-50-42(25-35)44-27-51-45(57(44)34-61-22-24-65(7,8)9)37-14-12-36(13-15-37)43-26-41-46(56(43)33-60-21-23-64(4,5)6)52-32-53-47(41)58-39-16-17-40(58)31-62-30-39/h12-15,18-19,25-27,32,38-40H,10-11,16-17,20-24,28-31,33-34H2,1-9H3,(H,54,59)/t38-,39-,40+/m1/s1. The van der Waals surface area contributed by atoms with Gasteiger partial charge in [-0.3, -0.25) is 14.5 Å². The highest BCUT2D eigenvalue weighted by molar-refractivity contribution is 6.76. The topological polar surface area (TPSA) is 134 Å². The van der Waals surface area contributed by atoms with Crippen LogP contribution in [0.3, 0.4) is 0 Å². The molecular formula is C49H71N9O5Si2. The molecule has 5 aromatic rings. The largest absolute Gasteiger partial charge is 0.444 e. The predicted molar refractivity (Wildman–Crippen MR) is 263 cm³/mol. The summed E-state index contributed by atoms with van der Waals surface area (Å²) >= 11 is 0. The van der Waals surface area contributed by atoms with Crippen molar-refractivity contribution in [2.75, 3.05) is 44.4 Å². The van der Waals surface area contributed by atoms with Gasteiger partial charge in [-0.1, -0.05) is 63.5 Å². The van der Waals surface area contributed by atoms with E-state index in [1.54, 1.807) is 6.33 Å². The maximum atomic E-state index is 12.6. The fourth-order valence-corrected chi connectivity index (χ4v) is 10.7. The molecule has 0 radical (unpaired) electrons. The Balaban J connectivity index is 1.07. The van der Waals surface area contributed by atoms with Crippen molar-refractivity contribution in [1.82, 2.24) is 39.3 Å². The van der Waals surface area contributed by atoms with Crippen LogP contribution in [0, 0.1) is 0 Å². The monoisotopic (exact) mass is 922 g/mol. The number of amides is 1. The van der Waals surface area contributed by atoms with Gasteiger partial charge in [0.15, 0.2) is 0 Å². The van der Waals surface area contributed by atoms with E-state index in [9.17, 15) is 4.79 Å². The number of aromatic nitrogens is 6. The Bertz CT molecular complexity index is 2390. The number of benzene rings is 1. The molecule has 1 aromatic carbocycles. The minimum atomic E-state index is -1.30. The van der Waals surface area contributed by atoms with E-state index in [2.05, 4.69) is 106 Å². The number of hydrogen-bond acceptors (Lipinski definition) is 11. The summed E-state index contributed by atoms with van der Waals surface area (Å²) in [6, 6.07) is 18.0. The Morgan fingerprint density at radius 2 is 1.49 bits per heavy atom. The van der Waals surface area contributed by atoms with Gasteiger partial charge in [0, 0.05) is 60.3 Å². The number of likely N-dealkylation sites (tertiary alicyclic amines) is 1. The SMILES string of the molecule is CC(C)(C)OC(=O)N[C@@H]1CCCN(Cc2ccnc(-c3cnc(-c4ccc(-c5cc6c(N7[C@@H]8CC[C@H]7COC8)ncnc6n5COCC[Si](C)(C)C)cc4)n3COCC[Si](C)(C)C)c2)C1. The average Bonchev–Trinajstić information content (AvgIpc) is 3.90. The van der Waals surface area contributed by atoms with E-state index >= 15 is 0 Å². The molecule has 3 aliphatic heterocycles. The van der Waals surface area contributed by atoms with Gasteiger partial charge in [-0.05, 0) is 94.4 Å². The van der Waals surface area contributed by atoms with Gasteiger partial charge in [-0.25, -0.2) is 19.7 Å². The molecule has 8 rings (SSSR count). The maximum Gasteiger partial charge on any atom is 0.407 e. The highest BCUT2D eigenvalue weighted by Gasteiger charge is 2.39. The van der Waals surface area contributed by atoms with Crippen molar-refractivity contribution in [2.45, 2.75) is 142 Å². The Morgan fingerprint density at radius 1 is 0.815 bits per heavy atom. The van der Waals surface area contributed by atoms with Crippen LogP contribution in [0.15, 0.2) is 61.2 Å². The summed E-state index contributed by atoms with van der Waals surface area (Å²) in [6.07, 6.45) is 9.32. The van der Waals surface area contributed by atoms with E-state index < -0.39 is 21.7 Å². The van der Waals surface area contributed by atoms with Crippen LogP contribution in [0.25, 0.3) is 45.1 Å². The molecule has 3 aliphatic rings. The molecule has 3 fully saturated rings. The summed E-state index contributed by atoms with van der Waals surface area (Å²) in [7, 11) is -2.58. The molecule has 3 saturated heterocycles. The fraction of sp³-hybridized carbons (Fsp3) is 0.571. The Labute approximate surface area is 387 Å². The first-order valence-corrected chi connectivity index (χ1v) is 31.1. The Morgan fingerprint density at radius 3 is 2.17 bits per heavy atom. The number of piperidine rings is 1. The normalized spacial score (nSPS) is 19.6. The maximum absolute atomic E-state index is 12.6. The lowest BCUT2D eigenvalue weighted by atomic mass is 10.0. The average molecular weight is 922 g/mol. The number of alkyl carbamates (subject to hydrolysis) is 1. The first-order chi connectivity index (χ1) is 31.0. The molecule has 0 unspecified atom stereocenters. The number of nitrogens with one attached hydrogen (secondary N) is 1. The molecule has 4 aromatic heterocycles. The van der Waals surface area contributed by atoms with Gasteiger partial charge < -0.3 is 33.7 Å². The van der Waals surface area contributed by atoms with Gasteiger partial charge in [0.1, 0.15) is 42.7 Å². The molecular weight excluding hydrogens is 851 g/mol. The lowest BCUT2D eigenvalue weighted by Gasteiger charge is -2.35. The van der Waals surface area contributed by atoms with Gasteiger partial charge >= 0.3 is 6.09 Å². The number of carbonyl (C=O) groups is 1. The molecule has 65 heavy (non-hydrogen) atoms. The molecule has 1 amide bonds. The number of imidazole rings is 1. The summed E-state index contributed by atoms with van der Waals surface area (Å²) in [6.45, 7) is 26.0. The van der Waals surface area contributed by atoms with E-state index in [-0.39, 0.29) is 12.1 Å². The molecule has 7 heterocycles. The predicted octanol–water partition coefficient (Wildman–Crippen LogP) is 9.51. The molecule has 0 aliphatic carbocycles. The minimum absolute atomic E-state index is 0.0383. The third-order valence-electron chi connectivity index (χ3n) is 12.6. The number of morpholine rings is 1. The molecule has 3 atom stereocenters. The van der Waals surface area contributed by atoms with Crippen LogP contribution in [-0.4, -0.2) is 119 Å². The summed E-state index contributed by atoms with van der Waals surface area (Å²) in [5.41, 5.74) is 6.35. The Kier molecular flexibility index (Phi) is 14.3. The first kappa shape index (κ1) is 47.1. The van der Waals surface area contributed by atoms with Crippen LogP contribution in [0.5, 0.6) is 0 Å². The van der Waals surface area contributed by atoms with Gasteiger partial charge in [-0.15, -0.1) is 0 Å². The second kappa shape index (κ2) is 19.8. The molecule has 0 saturated carbocycles. The molecule has 0 spiro atoms. The lowest BCUT2D eigenvalue weighted by Crippen LogP contribution is -2.48. The molecule has 350 valence electrons. The number of nitrogens with zero attached hydrogens (tertiary/aromatic N) is 8. The van der Waals surface area contributed by atoms with Gasteiger partial charge in [0.25, 0.3) is 0 Å². The van der Waals surface area contributed by atoms with Crippen LogP contribution >= 0.6 is 0 Å². The number of fused-ring (bicyclic) bond motifs is 3. The summed E-state index contributed by atoms with van der Waals surface area (Å²) in [5, 5.41) is 4.13. The smallest absolute Gasteiger partial charge is 0.407 e. The van der Waals surface area contributed by atoms with Gasteiger partial charge in [0.2, 0.25) is 0 Å². The van der Waals surface area contributed by atoms with Crippen molar-refractivity contribution in [3.8, 4) is 34.0 Å². The lowest BCUT2D eigenvalue weighted by molar-refractivity contribution is 0.0470. The minimum Gasteiger partial charge on any atom is -0.444 e. The van der Waals surface area contributed by atoms with Gasteiger partial charge in [0.05, 0.1) is 54.0 Å². The number of hydrogen-bond donors (Lipinski definition) is 1. The summed E-state index contributed by atoms with van der Waals surface area (Å²) in [4.78, 5) is 37.1. The quantitative estimate of drug-likeness (QED) is 0.0706. The van der Waals surface area contributed by atoms with Crippen LogP contribution < -0.4 is 10.2 Å². The zero-order valence-electron chi connectivity index (χ0n) is 40.2. The van der Waals surface area contributed by atoms with Crippen molar-refractivity contribution in [3.63, 3.8) is 0 Å². The number of anilines is 1. The number of ether oxygens (including phenoxy) is 4. The molecule has 2 bridgehead atoms. The van der Waals surface area contributed by atoms with Crippen LogP contribution in [-0.2, 0) is 39.0 Å². The van der Waals surface area contributed by atoms with Crippen LogP contribution in [0.2, 0.25) is 51.4 Å². The van der Waals surface area contributed by atoms with E-state index in [4.69, 9.17) is 38.9 Å². The number of pyridine rings is 1. The molecule has 14 nitrogen and oxygen atoms in total. The summed E-state index contributed by atoms with van der Waals surface area (Å²) < 4.78 is 28.7. The van der Waals surface area contributed by atoms with Crippen molar-refractivity contribution in [3.05, 3.63) is 66.7 Å². The number of carbonyl (C=O) groups excluding carboxylic acids is 1. The van der Waals surface area contributed by atoms with Crippen LogP contribution in [0.1, 0.15) is 52.0 Å². The van der Waals surface area contributed by atoms with Crippen LogP contribution in [0.4, 0.5) is 10.6 Å². The second-order valence-corrected chi connectivity index (χ2v) is 32.9. The molecule has 1 N–H and O–H groups in total. The highest BCUT2D eigenvalue weighted by Crippen LogP contribution is 2.39. The second-order valence-electron chi connectivity index (χ2n) is 21.7. The fourth-order valence-electron chi connectivity index (χ4n) is 9.16. The van der Waals surface area contributed by atoms with E-state index in [1.807, 2.05) is 33.2 Å². The van der Waals surface area contributed by atoms with E-state index in [0.29, 0.717) is 38.8 Å². The van der Waals surface area contributed by atoms with Gasteiger partial charge in [-0.2, -0.15) is 0 Å².